The number of nitrogens with zero attached hydrogens (tertiary/aromatic N) is 2. The number of ether oxygens (including phenoxy) is 1. The molecule has 0 aromatic carbocycles. The number of H-pyrrole nitrogens is 1. The summed E-state index contributed by atoms with van der Waals surface area (Å²) >= 11 is 1.37. The summed E-state index contributed by atoms with van der Waals surface area (Å²) in [4.78, 5) is 16.4. The molecular formula is C15H24N4O2S. The minimum Gasteiger partial charge on any atom is -0.373 e. The molecule has 1 saturated carbocycles. The fourth-order valence-corrected chi connectivity index (χ4v) is 4.01. The molecule has 122 valence electrons. The monoisotopic (exact) mass is 324 g/mol. The predicted molar refractivity (Wildman–Crippen MR) is 84.8 cm³/mol. The summed E-state index contributed by atoms with van der Waals surface area (Å²) < 4.78 is 6.02. The average Bonchev–Trinajstić information content (AvgIpc) is 3.14. The molecule has 1 spiro atoms. The number of aromatic nitrogens is 3. The topological polar surface area (TPSA) is 79.9 Å². The van der Waals surface area contributed by atoms with Crippen LogP contribution in [-0.4, -0.2) is 45.1 Å². The van der Waals surface area contributed by atoms with Crippen molar-refractivity contribution in [2.45, 2.75) is 68.7 Å². The Morgan fingerprint density at radius 2 is 2.27 bits per heavy atom. The minimum absolute atomic E-state index is 0.0364. The number of thioether (sulfide) groups is 1. The Balaban J connectivity index is 1.42. The van der Waals surface area contributed by atoms with Gasteiger partial charge in [0.2, 0.25) is 11.1 Å². The van der Waals surface area contributed by atoms with E-state index >= 15 is 0 Å². The van der Waals surface area contributed by atoms with Crippen LogP contribution >= 0.6 is 11.8 Å². The van der Waals surface area contributed by atoms with Crippen molar-refractivity contribution < 1.29 is 9.53 Å². The Hall–Kier alpha value is -1.08. The van der Waals surface area contributed by atoms with Crippen molar-refractivity contribution in [3.63, 3.8) is 0 Å². The Bertz CT molecular complexity index is 513. The highest BCUT2D eigenvalue weighted by Gasteiger charge is 2.41. The van der Waals surface area contributed by atoms with Gasteiger partial charge in [-0.3, -0.25) is 9.89 Å². The van der Waals surface area contributed by atoms with Crippen LogP contribution in [0, 0.1) is 0 Å². The first kappa shape index (κ1) is 15.8. The summed E-state index contributed by atoms with van der Waals surface area (Å²) in [5.74, 6) is 1.24. The molecule has 2 N–H and O–H groups in total. The molecule has 1 atom stereocenters. The molecule has 1 unspecified atom stereocenters. The van der Waals surface area contributed by atoms with Crippen molar-refractivity contribution in [1.29, 1.82) is 0 Å². The second-order valence-electron chi connectivity index (χ2n) is 6.23. The van der Waals surface area contributed by atoms with Crippen LogP contribution in [0.2, 0.25) is 0 Å². The standard InChI is InChI=1S/C15H24N4O2S/c1-2-12-17-14(19-18-12)22-10-13(20)16-11-8-15(21-9-11)6-4-3-5-7-15/h11H,2-10H2,1H3,(H,16,20)(H,17,18,19). The molecule has 2 fully saturated rings. The normalized spacial score (nSPS) is 23.8. The van der Waals surface area contributed by atoms with E-state index in [1.807, 2.05) is 6.92 Å². The first-order valence-electron chi connectivity index (χ1n) is 8.16. The third-order valence-electron chi connectivity index (χ3n) is 4.52. The number of aryl methyl sites for hydroxylation is 1. The lowest BCUT2D eigenvalue weighted by Gasteiger charge is -2.32. The SMILES string of the molecule is CCc1nc(SCC(=O)NC2COC3(CCCCC3)C2)n[nH]1. The van der Waals surface area contributed by atoms with Crippen LogP contribution in [0.4, 0.5) is 0 Å². The van der Waals surface area contributed by atoms with Gasteiger partial charge in [0, 0.05) is 6.42 Å². The highest BCUT2D eigenvalue weighted by atomic mass is 32.2. The Kier molecular flexibility index (Phi) is 5.03. The van der Waals surface area contributed by atoms with Gasteiger partial charge in [-0.05, 0) is 19.3 Å². The van der Waals surface area contributed by atoms with Crippen LogP contribution in [0.15, 0.2) is 5.16 Å². The number of nitrogens with one attached hydrogen (secondary N) is 2. The van der Waals surface area contributed by atoms with Gasteiger partial charge in [-0.25, -0.2) is 4.98 Å². The van der Waals surface area contributed by atoms with Gasteiger partial charge in [0.25, 0.3) is 0 Å². The molecular weight excluding hydrogens is 300 g/mol. The van der Waals surface area contributed by atoms with E-state index in [-0.39, 0.29) is 17.6 Å². The van der Waals surface area contributed by atoms with Crippen LogP contribution in [0.1, 0.15) is 51.3 Å². The van der Waals surface area contributed by atoms with Crippen LogP contribution < -0.4 is 5.32 Å². The lowest BCUT2D eigenvalue weighted by atomic mass is 9.82. The van der Waals surface area contributed by atoms with E-state index in [4.69, 9.17) is 4.74 Å². The summed E-state index contributed by atoms with van der Waals surface area (Å²) in [6.45, 7) is 2.67. The number of hydrogen-bond acceptors (Lipinski definition) is 5. The van der Waals surface area contributed by atoms with Crippen molar-refractivity contribution in [2.24, 2.45) is 0 Å². The zero-order valence-electron chi connectivity index (χ0n) is 13.1. The van der Waals surface area contributed by atoms with Gasteiger partial charge in [0.05, 0.1) is 24.0 Å². The zero-order valence-corrected chi connectivity index (χ0v) is 13.9. The molecule has 0 radical (unpaired) electrons. The van der Waals surface area contributed by atoms with Crippen molar-refractivity contribution in [1.82, 2.24) is 20.5 Å². The molecule has 1 saturated heterocycles. The fourth-order valence-electron chi connectivity index (χ4n) is 3.38. The van der Waals surface area contributed by atoms with Crippen LogP contribution in [0.25, 0.3) is 0 Å². The molecule has 1 aromatic heterocycles. The van der Waals surface area contributed by atoms with Crippen molar-refractivity contribution in [3.05, 3.63) is 5.82 Å². The first-order chi connectivity index (χ1) is 10.7. The largest absolute Gasteiger partial charge is 0.373 e. The number of carbonyl (C=O) groups excluding carboxylic acids is 1. The van der Waals surface area contributed by atoms with E-state index in [1.165, 1.54) is 31.0 Å². The maximum Gasteiger partial charge on any atom is 0.230 e. The Morgan fingerprint density at radius 3 is 3.00 bits per heavy atom. The van der Waals surface area contributed by atoms with Crippen LogP contribution in [0.3, 0.4) is 0 Å². The highest BCUT2D eigenvalue weighted by molar-refractivity contribution is 7.99. The molecule has 2 aliphatic rings. The average molecular weight is 324 g/mol. The van der Waals surface area contributed by atoms with Gasteiger partial charge in [-0.15, -0.1) is 5.10 Å². The van der Waals surface area contributed by atoms with Crippen molar-refractivity contribution >= 4 is 17.7 Å². The van der Waals surface area contributed by atoms with Crippen molar-refractivity contribution in [2.75, 3.05) is 12.4 Å². The molecule has 22 heavy (non-hydrogen) atoms. The summed E-state index contributed by atoms with van der Waals surface area (Å²) in [6.07, 6.45) is 7.89. The van der Waals surface area contributed by atoms with Gasteiger partial charge in [-0.1, -0.05) is 37.9 Å². The van der Waals surface area contributed by atoms with E-state index in [9.17, 15) is 4.79 Å². The van der Waals surface area contributed by atoms with E-state index in [0.29, 0.717) is 17.5 Å². The van der Waals surface area contributed by atoms with E-state index in [0.717, 1.165) is 31.5 Å². The second-order valence-corrected chi connectivity index (χ2v) is 7.17. The van der Waals surface area contributed by atoms with E-state index < -0.39 is 0 Å². The molecule has 7 heteroatoms. The molecule has 1 aliphatic heterocycles. The molecule has 3 rings (SSSR count). The highest BCUT2D eigenvalue weighted by Crippen LogP contribution is 2.39. The minimum atomic E-state index is 0.0364. The van der Waals surface area contributed by atoms with E-state index in [2.05, 4.69) is 20.5 Å². The zero-order chi connectivity index (χ0) is 15.4. The quantitative estimate of drug-likeness (QED) is 0.811. The molecule has 6 nitrogen and oxygen atoms in total. The van der Waals surface area contributed by atoms with E-state index in [1.54, 1.807) is 0 Å². The number of aromatic amines is 1. The lowest BCUT2D eigenvalue weighted by Crippen LogP contribution is -2.38. The molecule has 1 aromatic rings. The van der Waals surface area contributed by atoms with Crippen molar-refractivity contribution in [3.8, 4) is 0 Å². The second kappa shape index (κ2) is 7.00. The number of carbonyl (C=O) groups is 1. The fraction of sp³-hybridized carbons (Fsp3) is 0.800. The maximum atomic E-state index is 12.1. The predicted octanol–water partition coefficient (Wildman–Crippen LogP) is 2.07. The smallest absolute Gasteiger partial charge is 0.230 e. The van der Waals surface area contributed by atoms with Gasteiger partial charge in [-0.2, -0.15) is 0 Å². The Morgan fingerprint density at radius 1 is 1.45 bits per heavy atom. The molecule has 1 amide bonds. The summed E-state index contributed by atoms with van der Waals surface area (Å²) in [5, 5.41) is 10.7. The third kappa shape index (κ3) is 3.81. The summed E-state index contributed by atoms with van der Waals surface area (Å²) in [6, 6.07) is 0.157. The number of amides is 1. The van der Waals surface area contributed by atoms with Crippen LogP contribution in [-0.2, 0) is 16.0 Å². The Labute approximate surface area is 135 Å². The van der Waals surface area contributed by atoms with Gasteiger partial charge in [0.1, 0.15) is 5.82 Å². The molecule has 2 heterocycles. The first-order valence-corrected chi connectivity index (χ1v) is 9.15. The number of hydrogen-bond donors (Lipinski definition) is 2. The summed E-state index contributed by atoms with van der Waals surface area (Å²) in [7, 11) is 0. The molecule has 0 bridgehead atoms. The lowest BCUT2D eigenvalue weighted by molar-refractivity contribution is -0.119. The number of rotatable bonds is 5. The van der Waals surface area contributed by atoms with Gasteiger partial charge >= 0.3 is 0 Å². The third-order valence-corrected chi connectivity index (χ3v) is 5.36. The maximum absolute atomic E-state index is 12.1. The molecule has 1 aliphatic carbocycles. The van der Waals surface area contributed by atoms with Gasteiger partial charge in [0.15, 0.2) is 0 Å². The van der Waals surface area contributed by atoms with Gasteiger partial charge < -0.3 is 10.1 Å². The van der Waals surface area contributed by atoms with Crippen LogP contribution in [0.5, 0.6) is 0 Å². The summed E-state index contributed by atoms with van der Waals surface area (Å²) in [5.41, 5.74) is 0.0448.